The SMILES string of the molecule is CCc1ccc(NC(=O)N(CCCOC)Cc2cn(-c3ccccc3)nc2-c2cccs2)cc1. The van der Waals surface area contributed by atoms with Gasteiger partial charge in [0.2, 0.25) is 0 Å². The molecule has 0 spiro atoms. The lowest BCUT2D eigenvalue weighted by Crippen LogP contribution is -2.35. The van der Waals surface area contributed by atoms with Crippen LogP contribution >= 0.6 is 11.3 Å². The molecule has 34 heavy (non-hydrogen) atoms. The fraction of sp³-hybridized carbons (Fsp3) is 0.259. The molecular weight excluding hydrogens is 444 g/mol. The van der Waals surface area contributed by atoms with Crippen LogP contribution in [0.1, 0.15) is 24.5 Å². The predicted molar refractivity (Wildman–Crippen MR) is 139 cm³/mol. The van der Waals surface area contributed by atoms with Gasteiger partial charge in [0.1, 0.15) is 5.69 Å². The van der Waals surface area contributed by atoms with E-state index in [-0.39, 0.29) is 6.03 Å². The number of para-hydroxylation sites is 1. The van der Waals surface area contributed by atoms with E-state index in [2.05, 4.69) is 18.3 Å². The number of ether oxygens (including phenoxy) is 1. The molecule has 4 aromatic rings. The minimum absolute atomic E-state index is 0.134. The minimum Gasteiger partial charge on any atom is -0.385 e. The zero-order valence-electron chi connectivity index (χ0n) is 19.6. The number of thiophene rings is 1. The zero-order valence-corrected chi connectivity index (χ0v) is 20.4. The van der Waals surface area contributed by atoms with E-state index in [1.165, 1.54) is 5.56 Å². The van der Waals surface area contributed by atoms with Crippen molar-refractivity contribution >= 4 is 23.1 Å². The van der Waals surface area contributed by atoms with Crippen LogP contribution in [-0.2, 0) is 17.7 Å². The molecule has 0 radical (unpaired) electrons. The van der Waals surface area contributed by atoms with E-state index in [9.17, 15) is 4.79 Å². The Labute approximate surface area is 204 Å². The quantitative estimate of drug-likeness (QED) is 0.277. The summed E-state index contributed by atoms with van der Waals surface area (Å²) in [5.41, 5.74) is 4.91. The Morgan fingerprint density at radius 1 is 1.09 bits per heavy atom. The van der Waals surface area contributed by atoms with Crippen molar-refractivity contribution in [2.75, 3.05) is 25.6 Å². The summed E-state index contributed by atoms with van der Waals surface area (Å²) in [6, 6.07) is 22.0. The number of benzene rings is 2. The largest absolute Gasteiger partial charge is 0.385 e. The van der Waals surface area contributed by atoms with E-state index in [0.29, 0.717) is 19.7 Å². The third kappa shape index (κ3) is 5.92. The summed E-state index contributed by atoms with van der Waals surface area (Å²) >= 11 is 1.65. The summed E-state index contributed by atoms with van der Waals surface area (Å²) in [5, 5.41) is 9.98. The Bertz CT molecular complexity index is 1170. The van der Waals surface area contributed by atoms with Crippen molar-refractivity contribution in [2.45, 2.75) is 26.3 Å². The molecule has 0 aliphatic heterocycles. The third-order valence-electron chi connectivity index (χ3n) is 5.60. The molecular formula is C27H30N4O2S. The van der Waals surface area contributed by atoms with E-state index < -0.39 is 0 Å². The maximum absolute atomic E-state index is 13.3. The Morgan fingerprint density at radius 3 is 2.56 bits per heavy atom. The average molecular weight is 475 g/mol. The van der Waals surface area contributed by atoms with Gasteiger partial charge in [0.05, 0.1) is 17.1 Å². The highest BCUT2D eigenvalue weighted by Gasteiger charge is 2.20. The molecule has 2 aromatic heterocycles. The minimum atomic E-state index is -0.134. The maximum atomic E-state index is 13.3. The Hall–Kier alpha value is -3.42. The van der Waals surface area contributed by atoms with Gasteiger partial charge in [-0.15, -0.1) is 11.3 Å². The number of rotatable bonds is 10. The molecule has 6 nitrogen and oxygen atoms in total. The summed E-state index contributed by atoms with van der Waals surface area (Å²) in [5.74, 6) is 0. The van der Waals surface area contributed by atoms with Crippen LogP contribution in [0.4, 0.5) is 10.5 Å². The molecule has 2 heterocycles. The molecule has 2 amide bonds. The van der Waals surface area contributed by atoms with Crippen molar-refractivity contribution in [2.24, 2.45) is 0 Å². The smallest absolute Gasteiger partial charge is 0.322 e. The molecule has 7 heteroatoms. The van der Waals surface area contributed by atoms with Gasteiger partial charge in [-0.25, -0.2) is 9.48 Å². The summed E-state index contributed by atoms with van der Waals surface area (Å²) in [6.07, 6.45) is 3.74. The second kappa shape index (κ2) is 11.6. The number of nitrogens with one attached hydrogen (secondary N) is 1. The van der Waals surface area contributed by atoms with Crippen LogP contribution in [0.5, 0.6) is 0 Å². The van der Waals surface area contributed by atoms with Crippen LogP contribution in [0.25, 0.3) is 16.3 Å². The summed E-state index contributed by atoms with van der Waals surface area (Å²) in [7, 11) is 1.68. The van der Waals surface area contributed by atoms with Gasteiger partial charge in [0.25, 0.3) is 0 Å². The first kappa shape index (κ1) is 23.7. The lowest BCUT2D eigenvalue weighted by atomic mass is 10.1. The average Bonchev–Trinajstić information content (AvgIpc) is 3.55. The molecule has 0 atom stereocenters. The number of urea groups is 1. The zero-order chi connectivity index (χ0) is 23.8. The highest BCUT2D eigenvalue weighted by atomic mass is 32.1. The van der Waals surface area contributed by atoms with Crippen LogP contribution in [0.15, 0.2) is 78.3 Å². The molecule has 0 saturated heterocycles. The fourth-order valence-electron chi connectivity index (χ4n) is 3.74. The lowest BCUT2D eigenvalue weighted by molar-refractivity contribution is 0.172. The summed E-state index contributed by atoms with van der Waals surface area (Å²) in [4.78, 5) is 16.2. The van der Waals surface area contributed by atoms with E-state index in [0.717, 1.165) is 40.4 Å². The fourth-order valence-corrected chi connectivity index (χ4v) is 4.49. The van der Waals surface area contributed by atoms with Crippen molar-refractivity contribution in [1.29, 1.82) is 0 Å². The monoisotopic (exact) mass is 474 g/mol. The second-order valence-electron chi connectivity index (χ2n) is 8.01. The number of methoxy groups -OCH3 is 1. The standard InChI is InChI=1S/C27H30N4O2S/c1-3-21-12-14-23(15-13-21)28-27(32)30(16-8-17-33-2)19-22-20-31(24-9-5-4-6-10-24)29-26(22)25-11-7-18-34-25/h4-7,9-15,18,20H,3,8,16-17,19H2,1-2H3,(H,28,32). The predicted octanol–water partition coefficient (Wildman–Crippen LogP) is 6.23. The van der Waals surface area contributed by atoms with Crippen molar-refractivity contribution in [1.82, 2.24) is 14.7 Å². The molecule has 4 rings (SSSR count). The Morgan fingerprint density at radius 2 is 1.88 bits per heavy atom. The number of hydrogen-bond donors (Lipinski definition) is 1. The number of anilines is 1. The van der Waals surface area contributed by atoms with Crippen molar-refractivity contribution in [3.63, 3.8) is 0 Å². The number of carbonyl (C=O) groups is 1. The maximum Gasteiger partial charge on any atom is 0.322 e. The van der Waals surface area contributed by atoms with Gasteiger partial charge in [-0.3, -0.25) is 0 Å². The summed E-state index contributed by atoms with van der Waals surface area (Å²) in [6.45, 7) is 3.73. The first-order valence-corrected chi connectivity index (χ1v) is 12.4. The van der Waals surface area contributed by atoms with Gasteiger partial charge in [-0.2, -0.15) is 5.10 Å². The van der Waals surface area contributed by atoms with Crippen LogP contribution in [-0.4, -0.2) is 41.0 Å². The van der Waals surface area contributed by atoms with Crippen molar-refractivity contribution in [3.8, 4) is 16.3 Å². The number of nitrogens with zero attached hydrogens (tertiary/aromatic N) is 3. The van der Waals surface area contributed by atoms with E-state index in [4.69, 9.17) is 9.84 Å². The first-order chi connectivity index (χ1) is 16.7. The molecule has 2 aromatic carbocycles. The number of hydrogen-bond acceptors (Lipinski definition) is 4. The highest BCUT2D eigenvalue weighted by molar-refractivity contribution is 7.13. The van der Waals surface area contributed by atoms with Crippen molar-refractivity contribution in [3.05, 3.63) is 89.4 Å². The topological polar surface area (TPSA) is 59.4 Å². The van der Waals surface area contributed by atoms with Gasteiger partial charge < -0.3 is 15.0 Å². The molecule has 0 unspecified atom stereocenters. The van der Waals surface area contributed by atoms with Crippen LogP contribution in [0.2, 0.25) is 0 Å². The van der Waals surface area contributed by atoms with Crippen LogP contribution < -0.4 is 5.32 Å². The Balaban J connectivity index is 1.60. The van der Waals surface area contributed by atoms with Gasteiger partial charge in [-0.05, 0) is 54.1 Å². The molecule has 0 aliphatic carbocycles. The van der Waals surface area contributed by atoms with Gasteiger partial charge >= 0.3 is 6.03 Å². The third-order valence-corrected chi connectivity index (χ3v) is 6.48. The highest BCUT2D eigenvalue weighted by Crippen LogP contribution is 2.29. The first-order valence-electron chi connectivity index (χ1n) is 11.5. The normalized spacial score (nSPS) is 10.9. The Kier molecular flexibility index (Phi) is 8.12. The van der Waals surface area contributed by atoms with E-state index in [1.54, 1.807) is 18.4 Å². The number of aromatic nitrogens is 2. The molecule has 1 N–H and O–H groups in total. The van der Waals surface area contributed by atoms with Gasteiger partial charge in [0, 0.05) is 37.7 Å². The molecule has 176 valence electrons. The number of carbonyl (C=O) groups excluding carboxylic acids is 1. The van der Waals surface area contributed by atoms with Gasteiger partial charge in [-0.1, -0.05) is 43.3 Å². The second-order valence-corrected chi connectivity index (χ2v) is 8.96. The van der Waals surface area contributed by atoms with E-state index >= 15 is 0 Å². The number of aryl methyl sites for hydroxylation is 1. The molecule has 0 bridgehead atoms. The number of amides is 2. The summed E-state index contributed by atoms with van der Waals surface area (Å²) < 4.78 is 7.13. The van der Waals surface area contributed by atoms with E-state index in [1.807, 2.05) is 81.8 Å². The van der Waals surface area contributed by atoms with Crippen LogP contribution in [0, 0.1) is 0 Å². The molecule has 0 saturated carbocycles. The molecule has 0 fully saturated rings. The molecule has 0 aliphatic rings. The van der Waals surface area contributed by atoms with Crippen LogP contribution in [0.3, 0.4) is 0 Å². The van der Waals surface area contributed by atoms with Crippen molar-refractivity contribution < 1.29 is 9.53 Å². The van der Waals surface area contributed by atoms with Gasteiger partial charge in [0.15, 0.2) is 0 Å². The lowest BCUT2D eigenvalue weighted by Gasteiger charge is -2.23.